The van der Waals surface area contributed by atoms with E-state index in [0.717, 1.165) is 30.3 Å². The molecule has 0 spiro atoms. The van der Waals surface area contributed by atoms with Crippen molar-refractivity contribution in [3.8, 4) is 11.5 Å². The Morgan fingerprint density at radius 3 is 2.89 bits per heavy atom. The zero-order valence-electron chi connectivity index (χ0n) is 15.2. The Morgan fingerprint density at radius 2 is 2.00 bits per heavy atom. The fourth-order valence-electron chi connectivity index (χ4n) is 3.84. The molecule has 0 unspecified atom stereocenters. The molecule has 1 aliphatic rings. The second-order valence-corrected chi connectivity index (χ2v) is 7.71. The largest absolute Gasteiger partial charge is 0.411 e. The van der Waals surface area contributed by atoms with Crippen LogP contribution in [0.25, 0.3) is 22.4 Å². The van der Waals surface area contributed by atoms with Gasteiger partial charge in [0.2, 0.25) is 11.8 Å². The fourth-order valence-corrected chi connectivity index (χ4v) is 4.45. The lowest BCUT2D eigenvalue weighted by Crippen LogP contribution is -2.18. The van der Waals surface area contributed by atoms with Gasteiger partial charge in [-0.1, -0.05) is 30.0 Å². The second kappa shape index (κ2) is 7.24. The van der Waals surface area contributed by atoms with Gasteiger partial charge in [0.15, 0.2) is 0 Å². The highest BCUT2D eigenvalue weighted by Gasteiger charge is 2.23. The maximum absolute atomic E-state index is 13.1. The molecule has 0 fully saturated rings. The van der Waals surface area contributed by atoms with Crippen molar-refractivity contribution < 1.29 is 9.21 Å². The Hall–Kier alpha value is -2.93. The van der Waals surface area contributed by atoms with Crippen LogP contribution in [0.1, 0.15) is 28.9 Å². The predicted molar refractivity (Wildman–Crippen MR) is 107 cm³/mol. The van der Waals surface area contributed by atoms with E-state index < -0.39 is 0 Å². The maximum atomic E-state index is 13.1. The minimum absolute atomic E-state index is 0.0467. The summed E-state index contributed by atoms with van der Waals surface area (Å²) in [6, 6.07) is 11.9. The smallest absolute Gasteiger partial charge is 0.277 e. The van der Waals surface area contributed by atoms with Crippen molar-refractivity contribution in [1.29, 1.82) is 0 Å². The summed E-state index contributed by atoms with van der Waals surface area (Å²) < 4.78 is 7.57. The van der Waals surface area contributed by atoms with Gasteiger partial charge in [0, 0.05) is 23.5 Å². The highest BCUT2D eigenvalue weighted by molar-refractivity contribution is 7.99. The monoisotopic (exact) mass is 390 g/mol. The summed E-state index contributed by atoms with van der Waals surface area (Å²) in [5, 5.41) is 9.69. The summed E-state index contributed by atoms with van der Waals surface area (Å²) in [7, 11) is 0. The van der Waals surface area contributed by atoms with E-state index in [1.165, 1.54) is 34.8 Å². The molecular weight excluding hydrogens is 372 g/mol. The first kappa shape index (κ1) is 17.2. The number of nitrogens with zero attached hydrogens (tertiary/aromatic N) is 4. The number of aromatic nitrogens is 4. The standard InChI is InChI=1S/C21H18N4O2S/c26-19(13-28-21-24-23-20(27-21)14-6-5-11-22-12-14)25-17-9-3-1-7-15(17)16-8-2-4-10-18(16)25/h1,3,5-7,9,11-12H,2,4,8,10,13H2. The van der Waals surface area contributed by atoms with Crippen molar-refractivity contribution >= 4 is 28.6 Å². The quantitative estimate of drug-likeness (QED) is 0.481. The van der Waals surface area contributed by atoms with E-state index in [1.807, 2.05) is 34.9 Å². The minimum Gasteiger partial charge on any atom is -0.411 e. The number of aryl methyl sites for hydroxylation is 1. The van der Waals surface area contributed by atoms with Gasteiger partial charge in [0.1, 0.15) is 0 Å². The molecule has 4 aromatic rings. The van der Waals surface area contributed by atoms with Crippen LogP contribution in [-0.2, 0) is 12.8 Å². The van der Waals surface area contributed by atoms with Crippen molar-refractivity contribution in [2.75, 3.05) is 5.75 Å². The van der Waals surface area contributed by atoms with Crippen LogP contribution in [-0.4, -0.2) is 31.4 Å². The van der Waals surface area contributed by atoms with Crippen molar-refractivity contribution in [2.45, 2.75) is 30.9 Å². The lowest BCUT2D eigenvalue weighted by Gasteiger charge is -2.14. The van der Waals surface area contributed by atoms with Crippen molar-refractivity contribution in [1.82, 2.24) is 19.7 Å². The zero-order chi connectivity index (χ0) is 18.9. The molecule has 0 N–H and O–H groups in total. The third-order valence-electron chi connectivity index (χ3n) is 5.06. The van der Waals surface area contributed by atoms with Crippen molar-refractivity contribution in [2.24, 2.45) is 0 Å². The number of benzene rings is 1. The fraction of sp³-hybridized carbons (Fsp3) is 0.238. The van der Waals surface area contributed by atoms with E-state index in [4.69, 9.17) is 4.42 Å². The molecule has 0 saturated heterocycles. The molecule has 1 aliphatic carbocycles. The molecule has 1 aromatic carbocycles. The van der Waals surface area contributed by atoms with Gasteiger partial charge in [-0.25, -0.2) is 0 Å². The molecule has 3 aromatic heterocycles. The molecule has 0 amide bonds. The first-order chi connectivity index (χ1) is 13.8. The topological polar surface area (TPSA) is 73.8 Å². The Balaban J connectivity index is 1.39. The number of para-hydroxylation sites is 1. The average Bonchev–Trinajstić information content (AvgIpc) is 3.36. The lowest BCUT2D eigenvalue weighted by molar-refractivity contribution is 0.0943. The highest BCUT2D eigenvalue weighted by Crippen LogP contribution is 2.32. The number of thioether (sulfide) groups is 1. The second-order valence-electron chi connectivity index (χ2n) is 6.78. The number of fused-ring (bicyclic) bond motifs is 3. The Morgan fingerprint density at radius 1 is 1.11 bits per heavy atom. The third-order valence-corrected chi connectivity index (χ3v) is 5.87. The van der Waals surface area contributed by atoms with E-state index in [0.29, 0.717) is 11.1 Å². The highest BCUT2D eigenvalue weighted by atomic mass is 32.2. The summed E-state index contributed by atoms with van der Waals surface area (Å²) in [5.74, 6) is 0.706. The molecular formula is C21H18N4O2S. The van der Waals surface area contributed by atoms with Crippen LogP contribution in [0.2, 0.25) is 0 Å². The third kappa shape index (κ3) is 3.01. The normalized spacial score (nSPS) is 13.6. The van der Waals surface area contributed by atoms with Crippen LogP contribution in [0, 0.1) is 0 Å². The van der Waals surface area contributed by atoms with Gasteiger partial charge >= 0.3 is 0 Å². The first-order valence-corrected chi connectivity index (χ1v) is 10.3. The Labute approximate surface area is 166 Å². The molecule has 3 heterocycles. The van der Waals surface area contributed by atoms with Gasteiger partial charge in [-0.2, -0.15) is 0 Å². The van der Waals surface area contributed by atoms with Gasteiger partial charge in [-0.15, -0.1) is 10.2 Å². The number of hydrogen-bond acceptors (Lipinski definition) is 6. The molecule has 0 bridgehead atoms. The molecule has 0 atom stereocenters. The van der Waals surface area contributed by atoms with E-state index in [9.17, 15) is 4.79 Å². The Bertz CT molecular complexity index is 1150. The van der Waals surface area contributed by atoms with Crippen LogP contribution in [0.3, 0.4) is 0 Å². The maximum Gasteiger partial charge on any atom is 0.277 e. The molecule has 6 nitrogen and oxygen atoms in total. The number of hydrogen-bond donors (Lipinski definition) is 0. The molecule has 0 saturated carbocycles. The predicted octanol–water partition coefficient (Wildman–Crippen LogP) is 4.40. The van der Waals surface area contributed by atoms with E-state index >= 15 is 0 Å². The van der Waals surface area contributed by atoms with Crippen LogP contribution in [0.4, 0.5) is 0 Å². The number of carbonyl (C=O) groups excluding carboxylic acids is 1. The van der Waals surface area contributed by atoms with Gasteiger partial charge in [-0.3, -0.25) is 14.3 Å². The Kier molecular flexibility index (Phi) is 4.44. The van der Waals surface area contributed by atoms with Crippen LogP contribution >= 0.6 is 11.8 Å². The summed E-state index contributed by atoms with van der Waals surface area (Å²) in [5.41, 5.74) is 4.26. The van der Waals surface area contributed by atoms with E-state index in [2.05, 4.69) is 21.2 Å². The van der Waals surface area contributed by atoms with Crippen LogP contribution in [0.5, 0.6) is 0 Å². The van der Waals surface area contributed by atoms with Gasteiger partial charge in [-0.05, 0) is 49.4 Å². The number of pyridine rings is 1. The molecule has 140 valence electrons. The summed E-state index contributed by atoms with van der Waals surface area (Å²) >= 11 is 1.27. The molecule has 28 heavy (non-hydrogen) atoms. The molecule has 5 rings (SSSR count). The van der Waals surface area contributed by atoms with Crippen LogP contribution < -0.4 is 0 Å². The van der Waals surface area contributed by atoms with Gasteiger partial charge < -0.3 is 4.42 Å². The number of rotatable bonds is 4. The molecule has 7 heteroatoms. The van der Waals surface area contributed by atoms with E-state index in [-0.39, 0.29) is 11.7 Å². The van der Waals surface area contributed by atoms with Gasteiger partial charge in [0.25, 0.3) is 5.22 Å². The van der Waals surface area contributed by atoms with Crippen LogP contribution in [0.15, 0.2) is 58.4 Å². The molecule has 0 radical (unpaired) electrons. The average molecular weight is 390 g/mol. The lowest BCUT2D eigenvalue weighted by atomic mass is 9.96. The van der Waals surface area contributed by atoms with Crippen molar-refractivity contribution in [3.63, 3.8) is 0 Å². The van der Waals surface area contributed by atoms with Crippen molar-refractivity contribution in [3.05, 3.63) is 60.0 Å². The summed E-state index contributed by atoms with van der Waals surface area (Å²) in [6.45, 7) is 0. The van der Waals surface area contributed by atoms with Gasteiger partial charge in [0.05, 0.1) is 16.8 Å². The van der Waals surface area contributed by atoms with E-state index in [1.54, 1.807) is 12.4 Å². The summed E-state index contributed by atoms with van der Waals surface area (Å²) in [4.78, 5) is 17.1. The molecule has 0 aliphatic heterocycles. The summed E-state index contributed by atoms with van der Waals surface area (Å²) in [6.07, 6.45) is 7.67. The first-order valence-electron chi connectivity index (χ1n) is 9.32. The SMILES string of the molecule is O=C(CSc1nnc(-c2cccnc2)o1)n1c2c(c3ccccc31)CCCC2. The zero-order valence-corrected chi connectivity index (χ0v) is 16.0. The number of carbonyl (C=O) groups is 1. The minimum atomic E-state index is 0.0467.